The molecular formula is C7H10BrN3O. The first kappa shape index (κ1) is 9.41. The van der Waals surface area contributed by atoms with Crippen molar-refractivity contribution in [2.45, 2.75) is 6.92 Å². The lowest BCUT2D eigenvalue weighted by Gasteiger charge is -1.97. The molecule has 0 aliphatic carbocycles. The van der Waals surface area contributed by atoms with Crippen molar-refractivity contribution in [3.8, 4) is 0 Å². The summed E-state index contributed by atoms with van der Waals surface area (Å²) in [5, 5.41) is 4.07. The van der Waals surface area contributed by atoms with Gasteiger partial charge in [0.05, 0.1) is 16.7 Å². The molecule has 1 heterocycles. The van der Waals surface area contributed by atoms with Crippen LogP contribution in [0.5, 0.6) is 0 Å². The number of carbonyl (C=O) groups is 1. The van der Waals surface area contributed by atoms with Gasteiger partial charge in [-0.05, 0) is 22.9 Å². The van der Waals surface area contributed by atoms with E-state index in [1.807, 2.05) is 6.92 Å². The fourth-order valence-electron chi connectivity index (χ4n) is 1.03. The van der Waals surface area contributed by atoms with Crippen molar-refractivity contribution in [3.05, 3.63) is 15.9 Å². The molecule has 0 aliphatic rings. The molecule has 0 spiro atoms. The summed E-state index contributed by atoms with van der Waals surface area (Å²) in [5.41, 5.74) is 6.58. The van der Waals surface area contributed by atoms with E-state index in [0.29, 0.717) is 5.69 Å². The number of hydrogen-bond acceptors (Lipinski definition) is 3. The zero-order chi connectivity index (χ0) is 9.30. The van der Waals surface area contributed by atoms with Crippen molar-refractivity contribution in [2.75, 3.05) is 6.54 Å². The van der Waals surface area contributed by atoms with Crippen LogP contribution in [0.2, 0.25) is 0 Å². The third-order valence-corrected chi connectivity index (χ3v) is 2.55. The van der Waals surface area contributed by atoms with Gasteiger partial charge in [0, 0.05) is 7.05 Å². The third-order valence-electron chi connectivity index (χ3n) is 1.60. The first-order valence-corrected chi connectivity index (χ1v) is 4.29. The van der Waals surface area contributed by atoms with Crippen molar-refractivity contribution in [1.82, 2.24) is 9.78 Å². The number of Topliss-reactive ketones (excluding diaryl/α,β-unsaturated/α-hetero) is 1. The van der Waals surface area contributed by atoms with Crippen LogP contribution in [0.4, 0.5) is 0 Å². The second-order valence-corrected chi connectivity index (χ2v) is 3.29. The van der Waals surface area contributed by atoms with Gasteiger partial charge < -0.3 is 5.73 Å². The van der Waals surface area contributed by atoms with Crippen LogP contribution < -0.4 is 5.73 Å². The molecule has 2 N–H and O–H groups in total. The smallest absolute Gasteiger partial charge is 0.195 e. The largest absolute Gasteiger partial charge is 0.324 e. The van der Waals surface area contributed by atoms with Crippen LogP contribution in [0, 0.1) is 6.92 Å². The van der Waals surface area contributed by atoms with Gasteiger partial charge in [-0.3, -0.25) is 9.48 Å². The van der Waals surface area contributed by atoms with Crippen LogP contribution in [0.15, 0.2) is 4.47 Å². The Balaban J connectivity index is 3.22. The normalized spacial score (nSPS) is 10.3. The van der Waals surface area contributed by atoms with Gasteiger partial charge in [0.15, 0.2) is 5.78 Å². The average molecular weight is 232 g/mol. The summed E-state index contributed by atoms with van der Waals surface area (Å²) in [6.45, 7) is 1.84. The average Bonchev–Trinajstić information content (AvgIpc) is 2.26. The van der Waals surface area contributed by atoms with Gasteiger partial charge in [-0.15, -0.1) is 0 Å². The first-order chi connectivity index (χ1) is 5.57. The highest BCUT2D eigenvalue weighted by Crippen LogP contribution is 2.19. The lowest BCUT2D eigenvalue weighted by atomic mass is 10.2. The second kappa shape index (κ2) is 3.37. The molecule has 0 radical (unpaired) electrons. The quantitative estimate of drug-likeness (QED) is 0.761. The van der Waals surface area contributed by atoms with Gasteiger partial charge in [-0.2, -0.15) is 5.10 Å². The molecule has 12 heavy (non-hydrogen) atoms. The minimum Gasteiger partial charge on any atom is -0.324 e. The number of aromatic nitrogens is 2. The predicted molar refractivity (Wildman–Crippen MR) is 49.0 cm³/mol. The zero-order valence-electron chi connectivity index (χ0n) is 6.97. The van der Waals surface area contributed by atoms with E-state index in [-0.39, 0.29) is 12.3 Å². The van der Waals surface area contributed by atoms with Crippen molar-refractivity contribution in [1.29, 1.82) is 0 Å². The SMILES string of the molecule is Cc1nn(C)c(C(=O)CN)c1Br. The fraction of sp³-hybridized carbons (Fsp3) is 0.429. The summed E-state index contributed by atoms with van der Waals surface area (Å²) in [4.78, 5) is 11.3. The van der Waals surface area contributed by atoms with Gasteiger partial charge in [-0.25, -0.2) is 0 Å². The number of hydrogen-bond donors (Lipinski definition) is 1. The molecule has 66 valence electrons. The summed E-state index contributed by atoms with van der Waals surface area (Å²) < 4.78 is 2.27. The number of nitrogens with zero attached hydrogens (tertiary/aromatic N) is 2. The van der Waals surface area contributed by atoms with E-state index in [0.717, 1.165) is 10.2 Å². The van der Waals surface area contributed by atoms with Crippen LogP contribution >= 0.6 is 15.9 Å². The summed E-state index contributed by atoms with van der Waals surface area (Å²) in [6.07, 6.45) is 0. The van der Waals surface area contributed by atoms with Crippen molar-refractivity contribution >= 4 is 21.7 Å². The third kappa shape index (κ3) is 1.42. The number of aryl methyl sites for hydroxylation is 2. The number of nitrogens with two attached hydrogens (primary N) is 1. The molecule has 1 aromatic heterocycles. The lowest BCUT2D eigenvalue weighted by Crippen LogP contribution is -2.17. The summed E-state index contributed by atoms with van der Waals surface area (Å²) in [5.74, 6) is -0.107. The van der Waals surface area contributed by atoms with Gasteiger partial charge >= 0.3 is 0 Å². The van der Waals surface area contributed by atoms with Crippen LogP contribution in [-0.4, -0.2) is 22.1 Å². The van der Waals surface area contributed by atoms with E-state index in [4.69, 9.17) is 5.73 Å². The van der Waals surface area contributed by atoms with Gasteiger partial charge in [0.1, 0.15) is 5.69 Å². The number of rotatable bonds is 2. The van der Waals surface area contributed by atoms with Gasteiger partial charge in [0.25, 0.3) is 0 Å². The molecule has 0 aromatic carbocycles. The molecule has 0 unspecified atom stereocenters. The minimum atomic E-state index is -0.107. The molecule has 0 saturated carbocycles. The molecule has 0 fully saturated rings. The van der Waals surface area contributed by atoms with Crippen LogP contribution in [0.25, 0.3) is 0 Å². The Morgan fingerprint density at radius 2 is 2.33 bits per heavy atom. The standard InChI is InChI=1S/C7H10BrN3O/c1-4-6(8)7(5(12)3-9)11(2)10-4/h3,9H2,1-2H3. The number of carbonyl (C=O) groups excluding carboxylic acids is 1. The molecular weight excluding hydrogens is 222 g/mol. The highest BCUT2D eigenvalue weighted by molar-refractivity contribution is 9.10. The first-order valence-electron chi connectivity index (χ1n) is 3.50. The minimum absolute atomic E-state index is 0.0115. The Morgan fingerprint density at radius 1 is 1.75 bits per heavy atom. The van der Waals surface area contributed by atoms with Crippen molar-refractivity contribution in [2.24, 2.45) is 12.8 Å². The molecule has 1 aromatic rings. The van der Waals surface area contributed by atoms with Crippen molar-refractivity contribution in [3.63, 3.8) is 0 Å². The van der Waals surface area contributed by atoms with E-state index in [2.05, 4.69) is 21.0 Å². The highest BCUT2D eigenvalue weighted by Gasteiger charge is 2.16. The Labute approximate surface area is 78.9 Å². The maximum absolute atomic E-state index is 11.3. The molecule has 0 atom stereocenters. The topological polar surface area (TPSA) is 60.9 Å². The zero-order valence-corrected chi connectivity index (χ0v) is 8.55. The molecule has 1 rings (SSSR count). The van der Waals surface area contributed by atoms with Crippen LogP contribution in [0.1, 0.15) is 16.2 Å². The lowest BCUT2D eigenvalue weighted by molar-refractivity contribution is 0.0991. The van der Waals surface area contributed by atoms with Gasteiger partial charge in [-0.1, -0.05) is 0 Å². The van der Waals surface area contributed by atoms with E-state index in [1.54, 1.807) is 7.05 Å². The Hall–Kier alpha value is -0.680. The van der Waals surface area contributed by atoms with Crippen LogP contribution in [-0.2, 0) is 7.05 Å². The molecule has 0 aliphatic heterocycles. The molecule has 4 nitrogen and oxygen atoms in total. The Morgan fingerprint density at radius 3 is 2.67 bits per heavy atom. The summed E-state index contributed by atoms with van der Waals surface area (Å²) in [6, 6.07) is 0. The molecule has 0 bridgehead atoms. The van der Waals surface area contributed by atoms with E-state index >= 15 is 0 Å². The monoisotopic (exact) mass is 231 g/mol. The van der Waals surface area contributed by atoms with Gasteiger partial charge in [0.2, 0.25) is 0 Å². The maximum Gasteiger partial charge on any atom is 0.195 e. The number of halogens is 1. The van der Waals surface area contributed by atoms with E-state index < -0.39 is 0 Å². The fourth-order valence-corrected chi connectivity index (χ4v) is 1.59. The van der Waals surface area contributed by atoms with E-state index in [9.17, 15) is 4.79 Å². The molecule has 0 amide bonds. The molecule has 5 heteroatoms. The number of ketones is 1. The van der Waals surface area contributed by atoms with E-state index in [1.165, 1.54) is 4.68 Å². The summed E-state index contributed by atoms with van der Waals surface area (Å²) in [7, 11) is 1.72. The Kier molecular flexibility index (Phi) is 2.64. The highest BCUT2D eigenvalue weighted by atomic mass is 79.9. The molecule has 0 saturated heterocycles. The second-order valence-electron chi connectivity index (χ2n) is 2.50. The van der Waals surface area contributed by atoms with Crippen LogP contribution in [0.3, 0.4) is 0 Å². The Bertz CT molecular complexity index is 319. The van der Waals surface area contributed by atoms with Crippen molar-refractivity contribution < 1.29 is 4.79 Å². The summed E-state index contributed by atoms with van der Waals surface area (Å²) >= 11 is 3.28. The predicted octanol–water partition coefficient (Wildman–Crippen LogP) is 0.632. The maximum atomic E-state index is 11.3.